The van der Waals surface area contributed by atoms with E-state index in [1.54, 1.807) is 18.5 Å². The molecule has 0 amide bonds. The normalized spacial score (nSPS) is 10.1. The topological polar surface area (TPSA) is 56.0 Å². The van der Waals surface area contributed by atoms with E-state index in [-0.39, 0.29) is 0 Å². The van der Waals surface area contributed by atoms with Crippen LogP contribution in [0.25, 0.3) is 11.5 Å². The van der Waals surface area contributed by atoms with Gasteiger partial charge < -0.3 is 4.42 Å². The molecule has 0 bridgehead atoms. The summed E-state index contributed by atoms with van der Waals surface area (Å²) in [5, 5.41) is 0. The minimum atomic E-state index is 0.485. The first-order chi connectivity index (χ1) is 6.79. The highest BCUT2D eigenvalue weighted by atomic mass is 16.3. The highest BCUT2D eigenvalue weighted by molar-refractivity contribution is 5.76. The standard InChI is InChI=1S/C10H8N2O2/c1-7-6-14-10(12-7)9-2-8(5-13)3-11-4-9/h2-6H,1H3. The second-order valence-corrected chi connectivity index (χ2v) is 2.92. The molecule has 0 spiro atoms. The average Bonchev–Trinajstić information content (AvgIpc) is 2.65. The maximum Gasteiger partial charge on any atom is 0.227 e. The zero-order valence-electron chi connectivity index (χ0n) is 7.60. The van der Waals surface area contributed by atoms with E-state index >= 15 is 0 Å². The van der Waals surface area contributed by atoms with Crippen molar-refractivity contribution in [1.29, 1.82) is 0 Å². The molecule has 0 N–H and O–H groups in total. The van der Waals surface area contributed by atoms with Gasteiger partial charge in [0.1, 0.15) is 6.26 Å². The lowest BCUT2D eigenvalue weighted by Gasteiger charge is -1.94. The number of pyridine rings is 1. The van der Waals surface area contributed by atoms with Crippen molar-refractivity contribution >= 4 is 6.29 Å². The summed E-state index contributed by atoms with van der Waals surface area (Å²) in [5.41, 5.74) is 2.03. The molecule has 0 fully saturated rings. The molecule has 0 aliphatic carbocycles. The molecule has 2 aromatic rings. The van der Waals surface area contributed by atoms with Crippen LogP contribution in [0.3, 0.4) is 0 Å². The minimum absolute atomic E-state index is 0.485. The number of nitrogens with zero attached hydrogens (tertiary/aromatic N) is 2. The van der Waals surface area contributed by atoms with Crippen molar-refractivity contribution in [3.8, 4) is 11.5 Å². The Kier molecular flexibility index (Phi) is 2.10. The van der Waals surface area contributed by atoms with Crippen LogP contribution in [-0.2, 0) is 0 Å². The molecule has 2 heterocycles. The summed E-state index contributed by atoms with van der Waals surface area (Å²) >= 11 is 0. The van der Waals surface area contributed by atoms with Crippen molar-refractivity contribution in [2.75, 3.05) is 0 Å². The van der Waals surface area contributed by atoms with E-state index in [1.165, 1.54) is 6.20 Å². The first-order valence-corrected chi connectivity index (χ1v) is 4.12. The van der Waals surface area contributed by atoms with E-state index in [0.29, 0.717) is 17.0 Å². The van der Waals surface area contributed by atoms with Gasteiger partial charge in [0, 0.05) is 18.0 Å². The van der Waals surface area contributed by atoms with Crippen molar-refractivity contribution in [2.24, 2.45) is 0 Å². The molecule has 70 valence electrons. The molecule has 2 rings (SSSR count). The molecule has 0 radical (unpaired) electrons. The highest BCUT2D eigenvalue weighted by Gasteiger charge is 2.05. The second-order valence-electron chi connectivity index (χ2n) is 2.92. The lowest BCUT2D eigenvalue weighted by molar-refractivity contribution is 0.112. The summed E-state index contributed by atoms with van der Waals surface area (Å²) in [4.78, 5) is 18.5. The summed E-state index contributed by atoms with van der Waals surface area (Å²) in [6.07, 6.45) is 5.40. The van der Waals surface area contributed by atoms with Crippen LogP contribution in [0.15, 0.2) is 29.1 Å². The summed E-state index contributed by atoms with van der Waals surface area (Å²) in [6.45, 7) is 1.84. The summed E-state index contributed by atoms with van der Waals surface area (Å²) < 4.78 is 5.18. The lowest BCUT2D eigenvalue weighted by atomic mass is 10.2. The fourth-order valence-electron chi connectivity index (χ4n) is 1.13. The van der Waals surface area contributed by atoms with Gasteiger partial charge in [0.2, 0.25) is 5.89 Å². The fraction of sp³-hybridized carbons (Fsp3) is 0.100. The predicted octanol–water partition coefficient (Wildman–Crippen LogP) is 1.86. The van der Waals surface area contributed by atoms with Crippen molar-refractivity contribution in [1.82, 2.24) is 9.97 Å². The van der Waals surface area contributed by atoms with Gasteiger partial charge in [0.05, 0.1) is 11.3 Å². The van der Waals surface area contributed by atoms with Crippen LogP contribution in [0.4, 0.5) is 0 Å². The van der Waals surface area contributed by atoms with Crippen LogP contribution in [0, 0.1) is 6.92 Å². The molecule has 0 atom stereocenters. The Morgan fingerprint density at radius 2 is 2.29 bits per heavy atom. The van der Waals surface area contributed by atoms with Gasteiger partial charge in [-0.15, -0.1) is 0 Å². The Labute approximate surface area is 80.6 Å². The maximum atomic E-state index is 10.5. The Balaban J connectivity index is 2.46. The largest absolute Gasteiger partial charge is 0.444 e. The smallest absolute Gasteiger partial charge is 0.227 e. The number of aldehydes is 1. The number of carbonyl (C=O) groups excluding carboxylic acids is 1. The molecule has 0 unspecified atom stereocenters. The number of oxazole rings is 1. The van der Waals surface area contributed by atoms with Crippen molar-refractivity contribution in [2.45, 2.75) is 6.92 Å². The molecule has 0 aliphatic rings. The van der Waals surface area contributed by atoms with Gasteiger partial charge in [-0.1, -0.05) is 0 Å². The number of hydrogen-bond donors (Lipinski definition) is 0. The number of aryl methyl sites for hydroxylation is 1. The minimum Gasteiger partial charge on any atom is -0.444 e. The molecule has 0 aromatic carbocycles. The summed E-state index contributed by atoms with van der Waals surface area (Å²) in [5.74, 6) is 0.485. The van der Waals surface area contributed by atoms with Crippen molar-refractivity contribution < 1.29 is 9.21 Å². The monoisotopic (exact) mass is 188 g/mol. The summed E-state index contributed by atoms with van der Waals surface area (Å²) in [7, 11) is 0. The predicted molar refractivity (Wildman–Crippen MR) is 49.9 cm³/mol. The molecular weight excluding hydrogens is 180 g/mol. The molecular formula is C10H8N2O2. The second kappa shape index (κ2) is 3.41. The molecule has 14 heavy (non-hydrogen) atoms. The zero-order valence-corrected chi connectivity index (χ0v) is 7.60. The van der Waals surface area contributed by atoms with Gasteiger partial charge in [-0.05, 0) is 13.0 Å². The van der Waals surface area contributed by atoms with Crippen LogP contribution in [0.5, 0.6) is 0 Å². The molecule has 0 saturated carbocycles. The van der Waals surface area contributed by atoms with Crippen LogP contribution >= 0.6 is 0 Å². The SMILES string of the molecule is Cc1coc(-c2cncc(C=O)c2)n1. The molecule has 2 aromatic heterocycles. The number of rotatable bonds is 2. The van der Waals surface area contributed by atoms with Crippen molar-refractivity contribution in [3.05, 3.63) is 36.0 Å². The molecule has 4 heteroatoms. The van der Waals surface area contributed by atoms with Gasteiger partial charge in [-0.25, -0.2) is 4.98 Å². The molecule has 0 saturated heterocycles. The highest BCUT2D eigenvalue weighted by Crippen LogP contribution is 2.17. The van der Waals surface area contributed by atoms with Crippen LogP contribution in [0.2, 0.25) is 0 Å². The van der Waals surface area contributed by atoms with E-state index in [1.807, 2.05) is 6.92 Å². The molecule has 0 aliphatic heterocycles. The third-order valence-electron chi connectivity index (χ3n) is 1.76. The molecule has 4 nitrogen and oxygen atoms in total. The third kappa shape index (κ3) is 1.54. The first-order valence-electron chi connectivity index (χ1n) is 4.12. The van der Waals surface area contributed by atoms with E-state index in [9.17, 15) is 4.79 Å². The average molecular weight is 188 g/mol. The van der Waals surface area contributed by atoms with E-state index < -0.39 is 0 Å². The van der Waals surface area contributed by atoms with E-state index in [4.69, 9.17) is 4.42 Å². The van der Waals surface area contributed by atoms with Gasteiger partial charge in [0.15, 0.2) is 6.29 Å². The third-order valence-corrected chi connectivity index (χ3v) is 1.76. The Morgan fingerprint density at radius 3 is 2.93 bits per heavy atom. The van der Waals surface area contributed by atoms with Crippen LogP contribution < -0.4 is 0 Å². The lowest BCUT2D eigenvalue weighted by Crippen LogP contribution is -1.85. The summed E-state index contributed by atoms with van der Waals surface area (Å²) in [6, 6.07) is 1.69. The fourth-order valence-corrected chi connectivity index (χ4v) is 1.13. The zero-order chi connectivity index (χ0) is 9.97. The van der Waals surface area contributed by atoms with Crippen LogP contribution in [0.1, 0.15) is 16.1 Å². The Morgan fingerprint density at radius 1 is 1.43 bits per heavy atom. The number of aromatic nitrogens is 2. The van der Waals surface area contributed by atoms with Gasteiger partial charge in [0.25, 0.3) is 0 Å². The van der Waals surface area contributed by atoms with Crippen molar-refractivity contribution in [3.63, 3.8) is 0 Å². The van der Waals surface area contributed by atoms with E-state index in [2.05, 4.69) is 9.97 Å². The quantitative estimate of drug-likeness (QED) is 0.675. The maximum absolute atomic E-state index is 10.5. The van der Waals surface area contributed by atoms with Crippen LogP contribution in [-0.4, -0.2) is 16.3 Å². The number of hydrogen-bond acceptors (Lipinski definition) is 4. The van der Waals surface area contributed by atoms with Gasteiger partial charge in [-0.3, -0.25) is 9.78 Å². The first kappa shape index (κ1) is 8.62. The Bertz CT molecular complexity index is 463. The van der Waals surface area contributed by atoms with Gasteiger partial charge in [-0.2, -0.15) is 0 Å². The number of carbonyl (C=O) groups is 1. The Hall–Kier alpha value is -1.97. The van der Waals surface area contributed by atoms with E-state index in [0.717, 1.165) is 12.0 Å². The van der Waals surface area contributed by atoms with Gasteiger partial charge >= 0.3 is 0 Å².